The first-order valence-corrected chi connectivity index (χ1v) is 5.02. The van der Waals surface area contributed by atoms with Gasteiger partial charge in [-0.3, -0.25) is 10.1 Å². The molecule has 15 heavy (non-hydrogen) atoms. The molecule has 0 saturated heterocycles. The van der Waals surface area contributed by atoms with Crippen LogP contribution in [0, 0.1) is 22.9 Å². The summed E-state index contributed by atoms with van der Waals surface area (Å²) in [6.45, 7) is 9.67. The molecule has 0 radical (unpaired) electrons. The van der Waals surface area contributed by atoms with E-state index in [2.05, 4.69) is 0 Å². The molecule has 0 amide bonds. The predicted octanol–water partition coefficient (Wildman–Crippen LogP) is 4.09. The van der Waals surface area contributed by atoms with Crippen molar-refractivity contribution in [1.82, 2.24) is 0 Å². The fourth-order valence-electron chi connectivity index (χ4n) is 0.763. The topological polar surface area (TPSA) is 43.1 Å². The molecule has 0 aliphatic heterocycles. The molecule has 3 nitrogen and oxygen atoms in total. The Labute approximate surface area is 90.1 Å². The summed E-state index contributed by atoms with van der Waals surface area (Å²) in [5.41, 5.74) is 0.211. The summed E-state index contributed by atoms with van der Waals surface area (Å²) in [7, 11) is 0. The lowest BCUT2D eigenvalue weighted by molar-refractivity contribution is -0.387. The Morgan fingerprint density at radius 3 is 2.00 bits per heavy atom. The molecule has 0 heterocycles. The minimum absolute atomic E-state index is 0.468. The maximum absolute atomic E-state index is 12.6. The first-order chi connectivity index (χ1) is 7.11. The molecule has 0 fully saturated rings. The molecule has 0 aliphatic carbocycles. The summed E-state index contributed by atoms with van der Waals surface area (Å²) in [6.07, 6.45) is 0. The van der Waals surface area contributed by atoms with Crippen LogP contribution in [0.5, 0.6) is 0 Å². The quantitative estimate of drug-likeness (QED) is 0.523. The van der Waals surface area contributed by atoms with Gasteiger partial charge in [-0.05, 0) is 18.6 Å². The number of benzene rings is 1. The molecule has 4 heteroatoms. The Bertz CT molecular complexity index is 301. The average Bonchev–Trinajstić information content (AvgIpc) is 2.27. The Morgan fingerprint density at radius 1 is 1.20 bits per heavy atom. The zero-order chi connectivity index (χ0) is 12.4. The van der Waals surface area contributed by atoms with Gasteiger partial charge < -0.3 is 0 Å². The van der Waals surface area contributed by atoms with Crippen LogP contribution in [0.3, 0.4) is 0 Å². The third kappa shape index (κ3) is 5.78. The van der Waals surface area contributed by atoms with Gasteiger partial charge in [0, 0.05) is 6.07 Å². The Morgan fingerprint density at radius 2 is 1.67 bits per heavy atom. The van der Waals surface area contributed by atoms with Gasteiger partial charge in [-0.1, -0.05) is 33.8 Å². The predicted molar refractivity (Wildman–Crippen MR) is 60.5 cm³/mol. The summed E-state index contributed by atoms with van der Waals surface area (Å²) in [6, 6.07) is 3.78. The van der Waals surface area contributed by atoms with E-state index in [9.17, 15) is 14.5 Å². The fraction of sp³-hybridized carbons (Fsp3) is 0.455. The summed E-state index contributed by atoms with van der Waals surface area (Å²) in [5, 5.41) is 10.1. The standard InChI is InChI=1S/C7H6FNO2.2C2H6/c1-5-2-3-6(8)7(4-5)9(10)11;2*1-2/h2-4H,1H3;2*1-2H3. The van der Waals surface area contributed by atoms with E-state index < -0.39 is 16.4 Å². The largest absolute Gasteiger partial charge is 0.305 e. The van der Waals surface area contributed by atoms with Crippen molar-refractivity contribution < 1.29 is 9.31 Å². The van der Waals surface area contributed by atoms with Gasteiger partial charge in [0.2, 0.25) is 5.82 Å². The van der Waals surface area contributed by atoms with Gasteiger partial charge >= 0.3 is 5.69 Å². The summed E-state index contributed by atoms with van der Waals surface area (Å²) in [4.78, 5) is 9.41. The molecule has 0 bridgehead atoms. The molecule has 1 aromatic carbocycles. The van der Waals surface area contributed by atoms with E-state index in [-0.39, 0.29) is 0 Å². The number of halogens is 1. The number of rotatable bonds is 1. The molecule has 0 aliphatic rings. The number of nitro benzene ring substituents is 1. The van der Waals surface area contributed by atoms with Crippen LogP contribution in [0.2, 0.25) is 0 Å². The highest BCUT2D eigenvalue weighted by molar-refractivity contribution is 5.35. The van der Waals surface area contributed by atoms with Gasteiger partial charge in [0.05, 0.1) is 4.92 Å². The van der Waals surface area contributed by atoms with E-state index in [4.69, 9.17) is 0 Å². The molecule has 1 aromatic rings. The van der Waals surface area contributed by atoms with Crippen molar-refractivity contribution in [2.75, 3.05) is 0 Å². The number of aryl methyl sites for hydroxylation is 1. The van der Waals surface area contributed by atoms with E-state index >= 15 is 0 Å². The highest BCUT2D eigenvalue weighted by Gasteiger charge is 2.12. The highest BCUT2D eigenvalue weighted by atomic mass is 19.1. The SMILES string of the molecule is CC.CC.Cc1ccc(F)c([N+](=O)[O-])c1. The number of hydrogen-bond acceptors (Lipinski definition) is 2. The average molecular weight is 215 g/mol. The highest BCUT2D eigenvalue weighted by Crippen LogP contribution is 2.17. The van der Waals surface area contributed by atoms with E-state index in [1.165, 1.54) is 12.1 Å². The van der Waals surface area contributed by atoms with Crippen LogP contribution < -0.4 is 0 Å². The molecule has 0 aromatic heterocycles. The number of nitro groups is 1. The zero-order valence-electron chi connectivity index (χ0n) is 9.87. The van der Waals surface area contributed by atoms with Crippen LogP contribution in [0.25, 0.3) is 0 Å². The van der Waals surface area contributed by atoms with Crippen LogP contribution in [0.1, 0.15) is 33.3 Å². The normalized spacial score (nSPS) is 7.87. The number of hydrogen-bond donors (Lipinski definition) is 0. The lowest BCUT2D eigenvalue weighted by Gasteiger charge is -1.93. The van der Waals surface area contributed by atoms with Gasteiger partial charge in [0.15, 0.2) is 0 Å². The summed E-state index contributed by atoms with van der Waals surface area (Å²) < 4.78 is 12.6. The first-order valence-electron chi connectivity index (χ1n) is 5.02. The van der Waals surface area contributed by atoms with Crippen LogP contribution in [0.4, 0.5) is 10.1 Å². The van der Waals surface area contributed by atoms with Gasteiger partial charge in [-0.2, -0.15) is 4.39 Å². The van der Waals surface area contributed by atoms with Gasteiger partial charge in [0.25, 0.3) is 0 Å². The fourth-order valence-corrected chi connectivity index (χ4v) is 0.763. The Hall–Kier alpha value is -1.45. The lowest BCUT2D eigenvalue weighted by Crippen LogP contribution is -1.92. The third-order valence-electron chi connectivity index (χ3n) is 1.30. The second kappa shape index (κ2) is 9.12. The van der Waals surface area contributed by atoms with E-state index in [0.717, 1.165) is 6.07 Å². The lowest BCUT2D eigenvalue weighted by atomic mass is 10.2. The summed E-state index contributed by atoms with van der Waals surface area (Å²) in [5.74, 6) is -0.791. The van der Waals surface area contributed by atoms with Crippen LogP contribution in [-0.4, -0.2) is 4.92 Å². The first kappa shape index (κ1) is 16.0. The zero-order valence-corrected chi connectivity index (χ0v) is 9.87. The second-order valence-electron chi connectivity index (χ2n) is 2.21. The maximum atomic E-state index is 12.6. The molecule has 1 rings (SSSR count). The van der Waals surface area contributed by atoms with Crippen LogP contribution in [-0.2, 0) is 0 Å². The van der Waals surface area contributed by atoms with Crippen molar-refractivity contribution in [3.63, 3.8) is 0 Å². The van der Waals surface area contributed by atoms with Crippen molar-refractivity contribution in [2.24, 2.45) is 0 Å². The summed E-state index contributed by atoms with van der Waals surface area (Å²) >= 11 is 0. The molecular weight excluding hydrogens is 197 g/mol. The smallest absolute Gasteiger partial charge is 0.258 e. The van der Waals surface area contributed by atoms with E-state index in [1.807, 2.05) is 27.7 Å². The van der Waals surface area contributed by atoms with Crippen LogP contribution >= 0.6 is 0 Å². The second-order valence-corrected chi connectivity index (χ2v) is 2.21. The number of nitrogens with zero attached hydrogens (tertiary/aromatic N) is 1. The van der Waals surface area contributed by atoms with Crippen molar-refractivity contribution in [3.05, 3.63) is 39.7 Å². The van der Waals surface area contributed by atoms with Gasteiger partial charge in [-0.25, -0.2) is 0 Å². The molecule has 86 valence electrons. The van der Waals surface area contributed by atoms with E-state index in [1.54, 1.807) is 6.92 Å². The van der Waals surface area contributed by atoms with E-state index in [0.29, 0.717) is 5.56 Å². The van der Waals surface area contributed by atoms with Crippen LogP contribution in [0.15, 0.2) is 18.2 Å². The van der Waals surface area contributed by atoms with Crippen molar-refractivity contribution in [1.29, 1.82) is 0 Å². The minimum Gasteiger partial charge on any atom is -0.258 e. The van der Waals surface area contributed by atoms with Crippen molar-refractivity contribution in [2.45, 2.75) is 34.6 Å². The Kier molecular flexibility index (Phi) is 9.73. The van der Waals surface area contributed by atoms with Crippen molar-refractivity contribution >= 4 is 5.69 Å². The van der Waals surface area contributed by atoms with Crippen molar-refractivity contribution in [3.8, 4) is 0 Å². The van der Waals surface area contributed by atoms with Gasteiger partial charge in [0.1, 0.15) is 0 Å². The molecule has 0 spiro atoms. The molecule has 0 N–H and O–H groups in total. The minimum atomic E-state index is -0.791. The third-order valence-corrected chi connectivity index (χ3v) is 1.30. The molecule has 0 unspecified atom stereocenters. The molecule has 0 saturated carbocycles. The van der Waals surface area contributed by atoms with Gasteiger partial charge in [-0.15, -0.1) is 0 Å². The Balaban J connectivity index is 0. The maximum Gasteiger partial charge on any atom is 0.305 e. The molecule has 0 atom stereocenters. The molecular formula is C11H18FNO2. The monoisotopic (exact) mass is 215 g/mol.